The van der Waals surface area contributed by atoms with Gasteiger partial charge < -0.3 is 14.8 Å². The van der Waals surface area contributed by atoms with E-state index in [1.807, 2.05) is 11.1 Å². The first-order valence-electron chi connectivity index (χ1n) is 9.92. The average molecular weight is 348 g/mol. The molecule has 1 aromatic rings. The lowest BCUT2D eigenvalue weighted by Gasteiger charge is -2.36. The van der Waals surface area contributed by atoms with E-state index in [1.54, 1.807) is 0 Å². The molecule has 2 fully saturated rings. The maximum Gasteiger partial charge on any atom is 0.317 e. The fraction of sp³-hybridized carbons (Fsp3) is 0.789. The highest BCUT2D eigenvalue weighted by Crippen LogP contribution is 2.18. The van der Waals surface area contributed by atoms with Crippen LogP contribution in [0.4, 0.5) is 4.79 Å². The lowest BCUT2D eigenvalue weighted by molar-refractivity contribution is 0.133. The number of amides is 2. The molecule has 1 N–H and O–H groups in total. The number of urea groups is 1. The van der Waals surface area contributed by atoms with Gasteiger partial charge in [0.05, 0.1) is 0 Å². The minimum absolute atomic E-state index is 0.142. The van der Waals surface area contributed by atoms with Gasteiger partial charge in [-0.2, -0.15) is 0 Å². The summed E-state index contributed by atoms with van der Waals surface area (Å²) in [5, 5.41) is 3.23. The van der Waals surface area contributed by atoms with Crippen LogP contribution in [0.1, 0.15) is 57.7 Å². The molecule has 0 atom stereocenters. The van der Waals surface area contributed by atoms with Gasteiger partial charge in [0.25, 0.3) is 0 Å². The number of piperazine rings is 1. The molecule has 1 aliphatic heterocycles. The third-order valence-corrected chi connectivity index (χ3v) is 5.51. The van der Waals surface area contributed by atoms with Crippen molar-refractivity contribution in [2.45, 2.75) is 64.5 Å². The third kappa shape index (κ3) is 4.97. The molecular weight excluding hydrogens is 314 g/mol. The Hall–Kier alpha value is -1.56. The highest BCUT2D eigenvalue weighted by Gasteiger charge is 2.23. The number of carbonyl (C=O) groups excluding carboxylic acids is 1. The maximum atomic E-state index is 12.4. The van der Waals surface area contributed by atoms with Crippen LogP contribution < -0.4 is 5.32 Å². The van der Waals surface area contributed by atoms with Crippen molar-refractivity contribution in [3.05, 3.63) is 18.2 Å². The van der Waals surface area contributed by atoms with Gasteiger partial charge in [-0.3, -0.25) is 4.90 Å². The molecule has 1 aliphatic carbocycles. The van der Waals surface area contributed by atoms with Crippen molar-refractivity contribution >= 4 is 6.03 Å². The van der Waals surface area contributed by atoms with E-state index in [0.717, 1.165) is 57.9 Å². The fourth-order valence-corrected chi connectivity index (χ4v) is 3.95. The molecule has 6 heteroatoms. The predicted molar refractivity (Wildman–Crippen MR) is 99.7 cm³/mol. The van der Waals surface area contributed by atoms with Crippen LogP contribution in [0.5, 0.6) is 0 Å². The van der Waals surface area contributed by atoms with Gasteiger partial charge in [0.1, 0.15) is 5.82 Å². The van der Waals surface area contributed by atoms with Gasteiger partial charge in [-0.05, 0) is 12.8 Å². The molecule has 2 amide bonds. The smallest absolute Gasteiger partial charge is 0.317 e. The van der Waals surface area contributed by atoms with E-state index in [0.29, 0.717) is 12.0 Å². The Kier molecular flexibility index (Phi) is 6.34. The van der Waals surface area contributed by atoms with Crippen molar-refractivity contribution in [2.75, 3.05) is 32.7 Å². The Morgan fingerprint density at radius 1 is 1.16 bits per heavy atom. The van der Waals surface area contributed by atoms with E-state index < -0.39 is 0 Å². The van der Waals surface area contributed by atoms with Crippen LogP contribution in [-0.4, -0.2) is 64.1 Å². The number of nitrogens with zero attached hydrogens (tertiary/aromatic N) is 4. The molecule has 0 spiro atoms. The summed E-state index contributed by atoms with van der Waals surface area (Å²) < 4.78 is 2.26. The first-order valence-corrected chi connectivity index (χ1v) is 9.92. The number of carbonyl (C=O) groups is 1. The molecule has 2 heterocycles. The lowest BCUT2D eigenvalue weighted by Crippen LogP contribution is -2.54. The van der Waals surface area contributed by atoms with E-state index in [4.69, 9.17) is 0 Å². The minimum atomic E-state index is 0.142. The van der Waals surface area contributed by atoms with Crippen molar-refractivity contribution in [1.82, 2.24) is 24.7 Å². The summed E-state index contributed by atoms with van der Waals surface area (Å²) in [7, 11) is 0. The zero-order valence-corrected chi connectivity index (χ0v) is 15.8. The first-order chi connectivity index (χ1) is 12.1. The van der Waals surface area contributed by atoms with Gasteiger partial charge in [-0.15, -0.1) is 0 Å². The van der Waals surface area contributed by atoms with Gasteiger partial charge in [0.15, 0.2) is 0 Å². The van der Waals surface area contributed by atoms with Crippen LogP contribution in [0.25, 0.3) is 0 Å². The molecule has 3 rings (SSSR count). The van der Waals surface area contributed by atoms with Crippen LogP contribution >= 0.6 is 0 Å². The molecule has 25 heavy (non-hydrogen) atoms. The summed E-state index contributed by atoms with van der Waals surface area (Å²) in [5.74, 6) is 1.61. The number of aromatic nitrogens is 2. The molecule has 0 bridgehead atoms. The Morgan fingerprint density at radius 3 is 2.56 bits per heavy atom. The number of nitrogens with one attached hydrogen (secondary N) is 1. The Morgan fingerprint density at radius 2 is 1.88 bits per heavy atom. The number of hydrogen-bond donors (Lipinski definition) is 1. The SMILES string of the molecule is CC(C)c1nccn1CCN1CCN(C(=O)NC2CCCCC2)CC1. The summed E-state index contributed by atoms with van der Waals surface area (Å²) in [5.41, 5.74) is 0. The van der Waals surface area contributed by atoms with Crippen LogP contribution in [0, 0.1) is 0 Å². The number of imidazole rings is 1. The van der Waals surface area contributed by atoms with Crippen molar-refractivity contribution in [3.63, 3.8) is 0 Å². The van der Waals surface area contributed by atoms with E-state index >= 15 is 0 Å². The van der Waals surface area contributed by atoms with Gasteiger partial charge >= 0.3 is 6.03 Å². The second-order valence-electron chi connectivity index (χ2n) is 7.75. The first kappa shape index (κ1) is 18.2. The van der Waals surface area contributed by atoms with Crippen molar-refractivity contribution in [3.8, 4) is 0 Å². The summed E-state index contributed by atoms with van der Waals surface area (Å²) >= 11 is 0. The van der Waals surface area contributed by atoms with Crippen LogP contribution in [0.15, 0.2) is 12.4 Å². The number of hydrogen-bond acceptors (Lipinski definition) is 3. The normalized spacial score (nSPS) is 20.2. The van der Waals surface area contributed by atoms with Crippen molar-refractivity contribution in [2.24, 2.45) is 0 Å². The van der Waals surface area contributed by atoms with Gasteiger partial charge in [-0.1, -0.05) is 33.1 Å². The molecule has 0 radical (unpaired) electrons. The van der Waals surface area contributed by atoms with Crippen LogP contribution in [0.2, 0.25) is 0 Å². The van der Waals surface area contributed by atoms with Crippen molar-refractivity contribution in [1.29, 1.82) is 0 Å². The molecular formula is C19H33N5O. The van der Waals surface area contributed by atoms with E-state index in [1.165, 1.54) is 19.3 Å². The molecule has 1 saturated carbocycles. The maximum absolute atomic E-state index is 12.4. The molecule has 2 aliphatic rings. The second kappa shape index (κ2) is 8.70. The second-order valence-corrected chi connectivity index (χ2v) is 7.75. The van der Waals surface area contributed by atoms with Gasteiger partial charge in [-0.25, -0.2) is 9.78 Å². The highest BCUT2D eigenvalue weighted by molar-refractivity contribution is 5.74. The van der Waals surface area contributed by atoms with E-state index in [2.05, 4.69) is 39.8 Å². The van der Waals surface area contributed by atoms with E-state index in [9.17, 15) is 4.79 Å². The predicted octanol–water partition coefficient (Wildman–Crippen LogP) is 2.67. The van der Waals surface area contributed by atoms with E-state index in [-0.39, 0.29) is 6.03 Å². The third-order valence-electron chi connectivity index (χ3n) is 5.51. The highest BCUT2D eigenvalue weighted by atomic mass is 16.2. The van der Waals surface area contributed by atoms with Crippen LogP contribution in [-0.2, 0) is 6.54 Å². The standard InChI is InChI=1S/C19H33N5O/c1-16(2)18-20-8-9-23(18)13-10-22-11-14-24(15-12-22)19(25)21-17-6-4-3-5-7-17/h8-9,16-17H,3-7,10-15H2,1-2H3,(H,21,25). The Labute approximate surface area is 151 Å². The summed E-state index contributed by atoms with van der Waals surface area (Å²) in [6, 6.07) is 0.540. The largest absolute Gasteiger partial charge is 0.335 e. The molecule has 0 unspecified atom stereocenters. The number of rotatable bonds is 5. The zero-order valence-electron chi connectivity index (χ0n) is 15.8. The zero-order chi connectivity index (χ0) is 17.6. The van der Waals surface area contributed by atoms with Crippen LogP contribution in [0.3, 0.4) is 0 Å². The summed E-state index contributed by atoms with van der Waals surface area (Å²) in [4.78, 5) is 21.3. The minimum Gasteiger partial charge on any atom is -0.335 e. The molecule has 0 aromatic carbocycles. The quantitative estimate of drug-likeness (QED) is 0.891. The lowest BCUT2D eigenvalue weighted by atomic mass is 9.96. The topological polar surface area (TPSA) is 53.4 Å². The molecule has 6 nitrogen and oxygen atoms in total. The summed E-state index contributed by atoms with van der Waals surface area (Å²) in [6.07, 6.45) is 10.1. The average Bonchev–Trinajstić information content (AvgIpc) is 3.10. The molecule has 1 saturated heterocycles. The fourth-order valence-electron chi connectivity index (χ4n) is 3.95. The van der Waals surface area contributed by atoms with Gasteiger partial charge in [0, 0.05) is 63.6 Å². The monoisotopic (exact) mass is 347 g/mol. The van der Waals surface area contributed by atoms with Gasteiger partial charge in [0.2, 0.25) is 0 Å². The van der Waals surface area contributed by atoms with Crippen molar-refractivity contribution < 1.29 is 4.79 Å². The summed E-state index contributed by atoms with van der Waals surface area (Å²) in [6.45, 7) is 9.95. The molecule has 140 valence electrons. The molecule has 1 aromatic heterocycles. The Bertz CT molecular complexity index is 542. The Balaban J connectivity index is 1.39.